The quantitative estimate of drug-likeness (QED) is 0.376. The van der Waals surface area contributed by atoms with Crippen molar-refractivity contribution in [1.82, 2.24) is 0 Å². The molecule has 0 amide bonds. The summed E-state index contributed by atoms with van der Waals surface area (Å²) in [5.41, 5.74) is 0. The zero-order valence-corrected chi connectivity index (χ0v) is 18.5. The molecule has 29 heavy (non-hydrogen) atoms. The Morgan fingerprint density at radius 2 is 1.28 bits per heavy atom. The van der Waals surface area contributed by atoms with Gasteiger partial charge in [-0.05, 0) is 68.3 Å². The molecule has 0 saturated carbocycles. The first kappa shape index (κ1) is 23.3. The number of phenols is 1. The zero-order valence-electron chi connectivity index (χ0n) is 17.6. The number of rotatable bonds is 13. The maximum Gasteiger partial charge on any atom is 0.206 e. The Labute approximate surface area is 175 Å². The molecule has 0 spiro atoms. The number of sulfone groups is 1. The van der Waals surface area contributed by atoms with Gasteiger partial charge >= 0.3 is 0 Å². The topological polar surface area (TPSA) is 63.6 Å². The highest BCUT2D eigenvalue weighted by molar-refractivity contribution is 7.91. The van der Waals surface area contributed by atoms with Crippen LogP contribution in [0.2, 0.25) is 0 Å². The first-order valence-electron chi connectivity index (χ1n) is 10.7. The summed E-state index contributed by atoms with van der Waals surface area (Å²) < 4.78 is 31.2. The third-order valence-electron chi connectivity index (χ3n) is 5.08. The van der Waals surface area contributed by atoms with Gasteiger partial charge in [0.15, 0.2) is 0 Å². The highest BCUT2D eigenvalue weighted by Gasteiger charge is 2.17. The SMILES string of the molecule is CCCCCCCCCCC(C)Oc1ccc(S(=O)(=O)c2ccc(O)cc2)cc1. The molecule has 0 heterocycles. The van der Waals surface area contributed by atoms with Gasteiger partial charge in [0.25, 0.3) is 0 Å². The molecule has 0 aliphatic carbocycles. The van der Waals surface area contributed by atoms with E-state index in [1.54, 1.807) is 24.3 Å². The Bertz CT molecular complexity index is 811. The van der Waals surface area contributed by atoms with E-state index in [0.717, 1.165) is 12.8 Å². The number of phenolic OH excluding ortho intramolecular Hbond substituents is 1. The second kappa shape index (κ2) is 11.9. The summed E-state index contributed by atoms with van der Waals surface area (Å²) in [5, 5.41) is 9.34. The molecule has 0 saturated heterocycles. The lowest BCUT2D eigenvalue weighted by Gasteiger charge is -2.15. The second-order valence-corrected chi connectivity index (χ2v) is 9.61. The van der Waals surface area contributed by atoms with E-state index in [0.29, 0.717) is 5.75 Å². The van der Waals surface area contributed by atoms with Gasteiger partial charge in [0.2, 0.25) is 9.84 Å². The lowest BCUT2D eigenvalue weighted by molar-refractivity contribution is 0.206. The van der Waals surface area contributed by atoms with Gasteiger partial charge in [-0.25, -0.2) is 8.42 Å². The molecule has 0 fully saturated rings. The number of unbranched alkanes of at least 4 members (excludes halogenated alkanes) is 7. The van der Waals surface area contributed by atoms with Gasteiger partial charge in [-0.1, -0.05) is 51.9 Å². The minimum absolute atomic E-state index is 0.0400. The van der Waals surface area contributed by atoms with Crippen LogP contribution in [0.25, 0.3) is 0 Å². The minimum Gasteiger partial charge on any atom is -0.508 e. The number of aromatic hydroxyl groups is 1. The van der Waals surface area contributed by atoms with Crippen molar-refractivity contribution >= 4 is 9.84 Å². The fourth-order valence-electron chi connectivity index (χ4n) is 3.32. The molecule has 0 aliphatic heterocycles. The smallest absolute Gasteiger partial charge is 0.206 e. The van der Waals surface area contributed by atoms with Crippen molar-refractivity contribution in [2.24, 2.45) is 0 Å². The van der Waals surface area contributed by atoms with Crippen molar-refractivity contribution in [1.29, 1.82) is 0 Å². The van der Waals surface area contributed by atoms with Crippen molar-refractivity contribution in [3.63, 3.8) is 0 Å². The molecule has 4 nitrogen and oxygen atoms in total. The lowest BCUT2D eigenvalue weighted by atomic mass is 10.1. The summed E-state index contributed by atoms with van der Waals surface area (Å²) in [7, 11) is -3.60. The summed E-state index contributed by atoms with van der Waals surface area (Å²) >= 11 is 0. The molecule has 2 rings (SSSR count). The van der Waals surface area contributed by atoms with Gasteiger partial charge in [0, 0.05) is 0 Å². The Morgan fingerprint density at radius 3 is 1.83 bits per heavy atom. The van der Waals surface area contributed by atoms with Crippen molar-refractivity contribution in [3.05, 3.63) is 48.5 Å². The van der Waals surface area contributed by atoms with Crippen LogP contribution in [0.15, 0.2) is 58.3 Å². The van der Waals surface area contributed by atoms with Gasteiger partial charge in [0.1, 0.15) is 11.5 Å². The Kier molecular flexibility index (Phi) is 9.52. The van der Waals surface area contributed by atoms with E-state index < -0.39 is 9.84 Å². The summed E-state index contributed by atoms with van der Waals surface area (Å²) in [5.74, 6) is 0.722. The van der Waals surface area contributed by atoms with Crippen LogP contribution in [-0.4, -0.2) is 19.6 Å². The van der Waals surface area contributed by atoms with Crippen LogP contribution in [-0.2, 0) is 9.84 Å². The van der Waals surface area contributed by atoms with E-state index in [1.165, 1.54) is 69.2 Å². The van der Waals surface area contributed by atoms with Crippen molar-refractivity contribution in [2.45, 2.75) is 87.5 Å². The summed E-state index contributed by atoms with van der Waals surface area (Å²) in [6.07, 6.45) is 11.5. The third kappa shape index (κ3) is 7.73. The summed E-state index contributed by atoms with van der Waals surface area (Å²) in [6, 6.07) is 12.1. The minimum atomic E-state index is -3.60. The molecule has 1 atom stereocenters. The van der Waals surface area contributed by atoms with E-state index in [1.807, 2.05) is 0 Å². The molecule has 0 bridgehead atoms. The van der Waals surface area contributed by atoms with Crippen LogP contribution in [0.5, 0.6) is 11.5 Å². The van der Waals surface area contributed by atoms with Gasteiger partial charge in [-0.2, -0.15) is 0 Å². The number of ether oxygens (including phenoxy) is 1. The first-order valence-corrected chi connectivity index (χ1v) is 12.2. The molecule has 1 N–H and O–H groups in total. The zero-order chi connectivity index (χ0) is 21.1. The Morgan fingerprint density at radius 1 is 0.793 bits per heavy atom. The Balaban J connectivity index is 1.77. The van der Waals surface area contributed by atoms with Crippen LogP contribution in [0.4, 0.5) is 0 Å². The molecule has 160 valence electrons. The molecule has 2 aromatic carbocycles. The molecular weight excluding hydrogens is 384 g/mol. The molecular formula is C24H34O4S. The predicted octanol–water partition coefficient (Wildman–Crippen LogP) is 6.52. The van der Waals surface area contributed by atoms with E-state index in [-0.39, 0.29) is 21.6 Å². The molecule has 1 unspecified atom stereocenters. The molecule has 0 aromatic heterocycles. The van der Waals surface area contributed by atoms with E-state index in [4.69, 9.17) is 4.74 Å². The van der Waals surface area contributed by atoms with Crippen molar-refractivity contribution < 1.29 is 18.3 Å². The van der Waals surface area contributed by atoms with Crippen LogP contribution in [0.3, 0.4) is 0 Å². The van der Waals surface area contributed by atoms with Crippen molar-refractivity contribution in [3.8, 4) is 11.5 Å². The average Bonchev–Trinajstić information content (AvgIpc) is 2.71. The molecule has 0 radical (unpaired) electrons. The van der Waals surface area contributed by atoms with Crippen molar-refractivity contribution in [2.75, 3.05) is 0 Å². The fourth-order valence-corrected chi connectivity index (χ4v) is 4.58. The molecule has 0 aliphatic rings. The van der Waals surface area contributed by atoms with Crippen LogP contribution in [0, 0.1) is 0 Å². The Hall–Kier alpha value is -2.01. The molecule has 2 aromatic rings. The van der Waals surface area contributed by atoms with E-state index in [9.17, 15) is 13.5 Å². The maximum absolute atomic E-state index is 12.6. The highest BCUT2D eigenvalue weighted by atomic mass is 32.2. The van der Waals surface area contributed by atoms with Gasteiger partial charge in [-0.15, -0.1) is 0 Å². The molecule has 5 heteroatoms. The largest absolute Gasteiger partial charge is 0.508 e. The van der Waals surface area contributed by atoms with Crippen LogP contribution < -0.4 is 4.74 Å². The van der Waals surface area contributed by atoms with Gasteiger partial charge in [0.05, 0.1) is 15.9 Å². The second-order valence-electron chi connectivity index (χ2n) is 7.66. The number of benzene rings is 2. The van der Waals surface area contributed by atoms with E-state index >= 15 is 0 Å². The summed E-state index contributed by atoms with van der Waals surface area (Å²) in [6.45, 7) is 4.30. The fraction of sp³-hybridized carbons (Fsp3) is 0.500. The van der Waals surface area contributed by atoms with Crippen LogP contribution >= 0.6 is 0 Å². The standard InChI is InChI=1S/C24H34O4S/c1-3-4-5-6-7-8-9-10-11-20(2)28-22-14-18-24(19-15-22)29(26,27)23-16-12-21(25)13-17-23/h12-20,25H,3-11H2,1-2H3. The first-order chi connectivity index (χ1) is 13.9. The third-order valence-corrected chi connectivity index (χ3v) is 6.87. The average molecular weight is 419 g/mol. The van der Waals surface area contributed by atoms with E-state index in [2.05, 4.69) is 13.8 Å². The normalized spacial score (nSPS) is 12.6. The predicted molar refractivity (Wildman–Crippen MR) is 117 cm³/mol. The monoisotopic (exact) mass is 418 g/mol. The number of hydrogen-bond acceptors (Lipinski definition) is 4. The van der Waals surface area contributed by atoms with Gasteiger partial charge in [-0.3, -0.25) is 0 Å². The lowest BCUT2D eigenvalue weighted by Crippen LogP contribution is -2.11. The van der Waals surface area contributed by atoms with Crippen LogP contribution in [0.1, 0.15) is 71.6 Å². The summed E-state index contributed by atoms with van der Waals surface area (Å²) in [4.78, 5) is 0.373. The number of hydrogen-bond donors (Lipinski definition) is 1. The highest BCUT2D eigenvalue weighted by Crippen LogP contribution is 2.25. The maximum atomic E-state index is 12.6. The van der Waals surface area contributed by atoms with Gasteiger partial charge < -0.3 is 9.84 Å².